The van der Waals surface area contributed by atoms with Crippen LogP contribution in [0.4, 0.5) is 0 Å². The summed E-state index contributed by atoms with van der Waals surface area (Å²) in [5.74, 6) is 0. The largest absolute Gasteiger partial charge is 0.377 e. The first-order valence-corrected chi connectivity index (χ1v) is 6.73. The molecule has 2 rings (SSSR count). The molecular weight excluding hydrogens is 232 g/mol. The van der Waals surface area contributed by atoms with Crippen molar-refractivity contribution in [2.45, 2.75) is 20.5 Å². The zero-order valence-corrected chi connectivity index (χ0v) is 11.6. The Morgan fingerprint density at radius 2 is 1.47 bits per heavy atom. The highest BCUT2D eigenvalue weighted by molar-refractivity contribution is 5.65. The van der Waals surface area contributed by atoms with Crippen LogP contribution in [0.1, 0.15) is 25.0 Å². The summed E-state index contributed by atoms with van der Waals surface area (Å²) in [6.45, 7) is 5.50. The summed E-state index contributed by atoms with van der Waals surface area (Å²) >= 11 is 0. The maximum absolute atomic E-state index is 5.40. The molecule has 0 spiro atoms. The lowest BCUT2D eigenvalue weighted by Crippen LogP contribution is -1.91. The fourth-order valence-electron chi connectivity index (χ4n) is 1.99. The van der Waals surface area contributed by atoms with Crippen molar-refractivity contribution in [3.05, 3.63) is 65.7 Å². The third-order valence-electron chi connectivity index (χ3n) is 3.03. The van der Waals surface area contributed by atoms with Crippen LogP contribution < -0.4 is 0 Å². The Morgan fingerprint density at radius 1 is 0.895 bits per heavy atom. The van der Waals surface area contributed by atoms with E-state index in [4.69, 9.17) is 4.74 Å². The van der Waals surface area contributed by atoms with E-state index in [1.807, 2.05) is 13.8 Å². The molecule has 2 aromatic carbocycles. The van der Waals surface area contributed by atoms with Crippen LogP contribution in [0.25, 0.3) is 17.2 Å². The first-order valence-electron chi connectivity index (χ1n) is 6.73. The molecule has 0 radical (unpaired) electrons. The summed E-state index contributed by atoms with van der Waals surface area (Å²) in [7, 11) is 0. The van der Waals surface area contributed by atoms with Gasteiger partial charge in [-0.05, 0) is 36.1 Å². The number of ether oxygens (including phenoxy) is 1. The van der Waals surface area contributed by atoms with Crippen molar-refractivity contribution in [2.75, 3.05) is 6.61 Å². The number of benzene rings is 2. The molecule has 0 saturated carbocycles. The third-order valence-corrected chi connectivity index (χ3v) is 3.03. The first kappa shape index (κ1) is 13.6. The van der Waals surface area contributed by atoms with Crippen molar-refractivity contribution in [3.8, 4) is 11.1 Å². The predicted octanol–water partition coefficient (Wildman–Crippen LogP) is 4.92. The Hall–Kier alpha value is -1.86. The second-order valence-electron chi connectivity index (χ2n) is 4.46. The minimum Gasteiger partial charge on any atom is -0.377 e. The van der Waals surface area contributed by atoms with E-state index < -0.39 is 0 Å². The van der Waals surface area contributed by atoms with Gasteiger partial charge >= 0.3 is 0 Å². The lowest BCUT2D eigenvalue weighted by molar-refractivity contribution is 0.134. The van der Waals surface area contributed by atoms with E-state index in [-0.39, 0.29) is 0 Å². The highest BCUT2D eigenvalue weighted by atomic mass is 16.5. The second kappa shape index (κ2) is 6.91. The molecule has 0 aromatic heterocycles. The van der Waals surface area contributed by atoms with Gasteiger partial charge in [0.15, 0.2) is 0 Å². The monoisotopic (exact) mass is 252 g/mol. The predicted molar refractivity (Wildman–Crippen MR) is 81.9 cm³/mol. The summed E-state index contributed by atoms with van der Waals surface area (Å²) in [5, 5.41) is 0. The Balaban J connectivity index is 2.12. The van der Waals surface area contributed by atoms with Crippen LogP contribution in [0, 0.1) is 0 Å². The van der Waals surface area contributed by atoms with E-state index in [2.05, 4.69) is 60.7 Å². The van der Waals surface area contributed by atoms with Crippen molar-refractivity contribution in [3.63, 3.8) is 0 Å². The smallest absolute Gasteiger partial charge is 0.0716 e. The van der Waals surface area contributed by atoms with E-state index in [0.717, 1.165) is 6.61 Å². The van der Waals surface area contributed by atoms with Crippen LogP contribution in [0.3, 0.4) is 0 Å². The SMILES string of the molecule is CC=Cc1ccc(-c2ccc(COCC)cc2)cc1. The molecular formula is C18H20O. The van der Waals surface area contributed by atoms with E-state index in [1.165, 1.54) is 22.3 Å². The number of allylic oxidation sites excluding steroid dienone is 1. The molecule has 0 heterocycles. The quantitative estimate of drug-likeness (QED) is 0.733. The first-order chi connectivity index (χ1) is 9.33. The molecule has 0 N–H and O–H groups in total. The fraction of sp³-hybridized carbons (Fsp3) is 0.222. The van der Waals surface area contributed by atoms with Crippen molar-refractivity contribution < 1.29 is 4.74 Å². The number of rotatable bonds is 5. The molecule has 0 fully saturated rings. The molecule has 0 aliphatic rings. The summed E-state index contributed by atoms with van der Waals surface area (Å²) in [4.78, 5) is 0. The van der Waals surface area contributed by atoms with Gasteiger partial charge in [0.05, 0.1) is 6.61 Å². The van der Waals surface area contributed by atoms with E-state index >= 15 is 0 Å². The molecule has 2 aromatic rings. The van der Waals surface area contributed by atoms with Crippen LogP contribution in [0.15, 0.2) is 54.6 Å². The Labute approximate surface area is 115 Å². The average molecular weight is 252 g/mol. The second-order valence-corrected chi connectivity index (χ2v) is 4.46. The average Bonchev–Trinajstić information content (AvgIpc) is 2.47. The molecule has 0 unspecified atom stereocenters. The van der Waals surface area contributed by atoms with Crippen molar-refractivity contribution in [2.24, 2.45) is 0 Å². The molecule has 0 aliphatic heterocycles. The molecule has 0 saturated heterocycles. The van der Waals surface area contributed by atoms with Gasteiger partial charge in [-0.15, -0.1) is 0 Å². The van der Waals surface area contributed by atoms with E-state index in [9.17, 15) is 0 Å². The fourth-order valence-corrected chi connectivity index (χ4v) is 1.99. The minimum atomic E-state index is 0.691. The molecule has 1 nitrogen and oxygen atoms in total. The topological polar surface area (TPSA) is 9.23 Å². The van der Waals surface area contributed by atoms with Gasteiger partial charge in [0, 0.05) is 6.61 Å². The maximum atomic E-state index is 5.40. The van der Waals surface area contributed by atoms with Crippen LogP contribution in [-0.2, 0) is 11.3 Å². The summed E-state index contributed by atoms with van der Waals surface area (Å²) in [6, 6.07) is 17.2. The zero-order valence-electron chi connectivity index (χ0n) is 11.6. The molecule has 0 aliphatic carbocycles. The maximum Gasteiger partial charge on any atom is 0.0716 e. The van der Waals surface area contributed by atoms with Crippen molar-refractivity contribution in [1.29, 1.82) is 0 Å². The van der Waals surface area contributed by atoms with Gasteiger partial charge in [-0.1, -0.05) is 60.7 Å². The molecule has 0 atom stereocenters. The van der Waals surface area contributed by atoms with Crippen LogP contribution in [0.2, 0.25) is 0 Å². The standard InChI is InChI=1S/C18H20O/c1-3-5-15-6-10-17(11-7-15)18-12-8-16(9-13-18)14-19-4-2/h3,5-13H,4,14H2,1-2H3. The highest BCUT2D eigenvalue weighted by Crippen LogP contribution is 2.21. The molecule has 0 amide bonds. The zero-order chi connectivity index (χ0) is 13.5. The summed E-state index contributed by atoms with van der Waals surface area (Å²) in [6.07, 6.45) is 4.16. The molecule has 1 heteroatoms. The highest BCUT2D eigenvalue weighted by Gasteiger charge is 1.98. The van der Waals surface area contributed by atoms with Crippen LogP contribution >= 0.6 is 0 Å². The number of hydrogen-bond donors (Lipinski definition) is 0. The van der Waals surface area contributed by atoms with Gasteiger partial charge in [-0.25, -0.2) is 0 Å². The lowest BCUT2D eigenvalue weighted by Gasteiger charge is -2.05. The summed E-state index contributed by atoms with van der Waals surface area (Å²) < 4.78 is 5.40. The third kappa shape index (κ3) is 3.80. The molecule has 0 bridgehead atoms. The Kier molecular flexibility index (Phi) is 4.93. The van der Waals surface area contributed by atoms with Gasteiger partial charge in [0.25, 0.3) is 0 Å². The molecule has 98 valence electrons. The minimum absolute atomic E-state index is 0.691. The van der Waals surface area contributed by atoms with E-state index in [0.29, 0.717) is 6.61 Å². The van der Waals surface area contributed by atoms with Gasteiger partial charge in [0.1, 0.15) is 0 Å². The van der Waals surface area contributed by atoms with Gasteiger partial charge in [-0.3, -0.25) is 0 Å². The molecule has 19 heavy (non-hydrogen) atoms. The van der Waals surface area contributed by atoms with E-state index in [1.54, 1.807) is 0 Å². The summed E-state index contributed by atoms with van der Waals surface area (Å²) in [5.41, 5.74) is 4.94. The number of hydrogen-bond acceptors (Lipinski definition) is 1. The van der Waals surface area contributed by atoms with Crippen LogP contribution in [-0.4, -0.2) is 6.61 Å². The van der Waals surface area contributed by atoms with Crippen molar-refractivity contribution in [1.82, 2.24) is 0 Å². The normalized spacial score (nSPS) is 11.1. The van der Waals surface area contributed by atoms with Gasteiger partial charge in [0.2, 0.25) is 0 Å². The lowest BCUT2D eigenvalue weighted by atomic mass is 10.0. The van der Waals surface area contributed by atoms with Gasteiger partial charge < -0.3 is 4.74 Å². The van der Waals surface area contributed by atoms with Gasteiger partial charge in [-0.2, -0.15) is 0 Å². The Morgan fingerprint density at radius 3 is 2.00 bits per heavy atom. The van der Waals surface area contributed by atoms with Crippen LogP contribution in [0.5, 0.6) is 0 Å². The Bertz CT molecular complexity index is 521. The van der Waals surface area contributed by atoms with Crippen molar-refractivity contribution >= 4 is 6.08 Å².